The molecular formula is C16H15FN4O2S. The van der Waals surface area contributed by atoms with Gasteiger partial charge in [-0.3, -0.25) is 9.89 Å². The van der Waals surface area contributed by atoms with Gasteiger partial charge in [0, 0.05) is 11.4 Å². The highest BCUT2D eigenvalue weighted by Crippen LogP contribution is 2.14. The number of benzene rings is 1. The summed E-state index contributed by atoms with van der Waals surface area (Å²) in [5.74, 6) is -0.252. The number of aromatic amines is 1. The highest BCUT2D eigenvalue weighted by atomic mass is 32.1. The number of halogens is 1. The summed E-state index contributed by atoms with van der Waals surface area (Å²) in [5.41, 5.74) is 1.70. The predicted octanol–water partition coefficient (Wildman–Crippen LogP) is 2.82. The molecule has 0 radical (unpaired) electrons. The number of carbonyl (C=O) groups excluding carboxylic acids is 1. The third-order valence-electron chi connectivity index (χ3n) is 3.15. The summed E-state index contributed by atoms with van der Waals surface area (Å²) < 4.78 is 18.5. The van der Waals surface area contributed by atoms with E-state index in [2.05, 4.69) is 20.5 Å². The summed E-state index contributed by atoms with van der Waals surface area (Å²) in [6.45, 7) is 2.43. The molecule has 6 nitrogen and oxygen atoms in total. The molecule has 0 aliphatic rings. The van der Waals surface area contributed by atoms with Crippen molar-refractivity contribution in [2.24, 2.45) is 0 Å². The lowest BCUT2D eigenvalue weighted by atomic mass is 10.3. The van der Waals surface area contributed by atoms with E-state index in [1.807, 2.05) is 12.3 Å². The zero-order valence-corrected chi connectivity index (χ0v) is 13.7. The second-order valence-electron chi connectivity index (χ2n) is 5.07. The second kappa shape index (κ2) is 7.22. The quantitative estimate of drug-likeness (QED) is 0.719. The van der Waals surface area contributed by atoms with Crippen LogP contribution in [0, 0.1) is 12.7 Å². The van der Waals surface area contributed by atoms with Gasteiger partial charge in [0.05, 0.1) is 22.9 Å². The van der Waals surface area contributed by atoms with Crippen molar-refractivity contribution in [3.05, 3.63) is 63.6 Å². The molecule has 0 saturated carbocycles. The van der Waals surface area contributed by atoms with Crippen molar-refractivity contribution < 1.29 is 13.9 Å². The first-order valence-electron chi connectivity index (χ1n) is 7.22. The smallest absolute Gasteiger partial charge is 0.272 e. The Labute approximate surface area is 141 Å². The van der Waals surface area contributed by atoms with Gasteiger partial charge in [0.25, 0.3) is 5.91 Å². The van der Waals surface area contributed by atoms with Crippen LogP contribution in [0.4, 0.5) is 4.39 Å². The minimum Gasteiger partial charge on any atom is -0.487 e. The van der Waals surface area contributed by atoms with Crippen LogP contribution in [0.1, 0.15) is 26.9 Å². The molecule has 2 N–H and O–H groups in total. The second-order valence-corrected chi connectivity index (χ2v) is 6.13. The van der Waals surface area contributed by atoms with Crippen molar-refractivity contribution in [1.82, 2.24) is 20.5 Å². The number of rotatable bonds is 6. The maximum atomic E-state index is 13.1. The van der Waals surface area contributed by atoms with Crippen LogP contribution in [-0.2, 0) is 13.2 Å². The van der Waals surface area contributed by atoms with E-state index in [0.29, 0.717) is 18.0 Å². The molecule has 0 atom stereocenters. The van der Waals surface area contributed by atoms with E-state index < -0.39 is 0 Å². The van der Waals surface area contributed by atoms with Gasteiger partial charge in [0.2, 0.25) is 0 Å². The van der Waals surface area contributed by atoms with Gasteiger partial charge in [0.1, 0.15) is 23.9 Å². The van der Waals surface area contributed by atoms with Crippen molar-refractivity contribution in [3.63, 3.8) is 0 Å². The number of hydrogen-bond acceptors (Lipinski definition) is 5. The molecule has 2 aromatic heterocycles. The van der Waals surface area contributed by atoms with Gasteiger partial charge in [-0.25, -0.2) is 9.37 Å². The van der Waals surface area contributed by atoms with Crippen molar-refractivity contribution in [2.45, 2.75) is 20.1 Å². The van der Waals surface area contributed by atoms with Gasteiger partial charge in [-0.2, -0.15) is 5.10 Å². The van der Waals surface area contributed by atoms with Crippen LogP contribution < -0.4 is 10.1 Å². The molecule has 8 heteroatoms. The van der Waals surface area contributed by atoms with Crippen molar-refractivity contribution >= 4 is 17.2 Å². The number of H-pyrrole nitrogens is 1. The summed E-state index contributed by atoms with van der Waals surface area (Å²) in [6, 6.07) is 7.45. The first-order chi connectivity index (χ1) is 11.6. The standard InChI is InChI=1S/C16H15FN4O2S/c1-10-19-13(9-24-10)7-18-16(22)15-6-12(20-21-15)8-23-14-4-2-3-11(17)5-14/h2-6,9H,7-8H2,1H3,(H,18,22)(H,20,21). The van der Waals surface area contributed by atoms with Crippen molar-refractivity contribution in [3.8, 4) is 5.75 Å². The summed E-state index contributed by atoms with van der Waals surface area (Å²) in [5, 5.41) is 12.3. The molecule has 0 unspecified atom stereocenters. The average Bonchev–Trinajstić information content (AvgIpc) is 3.20. The first-order valence-corrected chi connectivity index (χ1v) is 8.10. The molecule has 0 spiro atoms. The highest BCUT2D eigenvalue weighted by molar-refractivity contribution is 7.09. The fraction of sp³-hybridized carbons (Fsp3) is 0.188. The van der Waals surface area contributed by atoms with Crippen LogP contribution in [0.5, 0.6) is 5.75 Å². The molecule has 0 aliphatic heterocycles. The Morgan fingerprint density at radius 3 is 3.04 bits per heavy atom. The zero-order valence-electron chi connectivity index (χ0n) is 12.9. The van der Waals surface area contributed by atoms with E-state index in [1.54, 1.807) is 18.2 Å². The molecule has 0 fully saturated rings. The first kappa shape index (κ1) is 16.1. The maximum Gasteiger partial charge on any atom is 0.272 e. The fourth-order valence-electron chi connectivity index (χ4n) is 2.02. The SMILES string of the molecule is Cc1nc(CNC(=O)c2cc(COc3cccc(F)c3)[nH]n2)cs1. The van der Waals surface area contributed by atoms with Crippen LogP contribution in [0.2, 0.25) is 0 Å². The molecule has 24 heavy (non-hydrogen) atoms. The number of aryl methyl sites for hydroxylation is 1. The molecule has 3 rings (SSSR count). The molecule has 3 aromatic rings. The third-order valence-corrected chi connectivity index (χ3v) is 3.97. The number of ether oxygens (including phenoxy) is 1. The number of thiazole rings is 1. The predicted molar refractivity (Wildman–Crippen MR) is 87.3 cm³/mol. The number of hydrogen-bond donors (Lipinski definition) is 2. The topological polar surface area (TPSA) is 79.9 Å². The number of nitrogens with one attached hydrogen (secondary N) is 2. The molecule has 0 bridgehead atoms. The van der Waals surface area contributed by atoms with E-state index in [4.69, 9.17) is 4.74 Å². The van der Waals surface area contributed by atoms with Crippen molar-refractivity contribution in [2.75, 3.05) is 0 Å². The normalized spacial score (nSPS) is 10.6. The van der Waals surface area contributed by atoms with E-state index in [0.717, 1.165) is 10.7 Å². The number of carbonyl (C=O) groups is 1. The molecule has 1 aromatic carbocycles. The Hall–Kier alpha value is -2.74. The van der Waals surface area contributed by atoms with E-state index >= 15 is 0 Å². The van der Waals surface area contributed by atoms with Crippen LogP contribution >= 0.6 is 11.3 Å². The maximum absolute atomic E-state index is 13.1. The van der Waals surface area contributed by atoms with E-state index in [9.17, 15) is 9.18 Å². The van der Waals surface area contributed by atoms with Gasteiger partial charge in [-0.05, 0) is 25.1 Å². The van der Waals surface area contributed by atoms with Crippen molar-refractivity contribution in [1.29, 1.82) is 0 Å². The summed E-state index contributed by atoms with van der Waals surface area (Å²) >= 11 is 1.53. The van der Waals surface area contributed by atoms with E-state index in [-0.39, 0.29) is 24.0 Å². The summed E-state index contributed by atoms with van der Waals surface area (Å²) in [6.07, 6.45) is 0. The Bertz CT molecular complexity index is 846. The van der Waals surface area contributed by atoms with Crippen LogP contribution in [-0.4, -0.2) is 21.1 Å². The Morgan fingerprint density at radius 1 is 1.42 bits per heavy atom. The number of amides is 1. The lowest BCUT2D eigenvalue weighted by Crippen LogP contribution is -2.23. The Kier molecular flexibility index (Phi) is 4.85. The highest BCUT2D eigenvalue weighted by Gasteiger charge is 2.11. The van der Waals surface area contributed by atoms with Gasteiger partial charge in [0.15, 0.2) is 0 Å². The molecule has 124 valence electrons. The molecular weight excluding hydrogens is 331 g/mol. The largest absolute Gasteiger partial charge is 0.487 e. The van der Waals surface area contributed by atoms with E-state index in [1.165, 1.54) is 23.5 Å². The minimum atomic E-state index is -0.366. The lowest BCUT2D eigenvalue weighted by Gasteiger charge is -2.03. The van der Waals surface area contributed by atoms with Gasteiger partial charge < -0.3 is 10.1 Å². The lowest BCUT2D eigenvalue weighted by molar-refractivity contribution is 0.0945. The molecule has 0 aliphatic carbocycles. The minimum absolute atomic E-state index is 0.162. The van der Waals surface area contributed by atoms with Gasteiger partial charge >= 0.3 is 0 Å². The summed E-state index contributed by atoms with van der Waals surface area (Å²) in [7, 11) is 0. The molecule has 1 amide bonds. The number of nitrogens with zero attached hydrogens (tertiary/aromatic N) is 2. The number of aromatic nitrogens is 3. The Balaban J connectivity index is 1.53. The van der Waals surface area contributed by atoms with Crippen LogP contribution in [0.3, 0.4) is 0 Å². The molecule has 2 heterocycles. The van der Waals surface area contributed by atoms with Gasteiger partial charge in [-0.1, -0.05) is 6.07 Å². The monoisotopic (exact) mass is 346 g/mol. The summed E-state index contributed by atoms with van der Waals surface area (Å²) in [4.78, 5) is 16.3. The third kappa shape index (κ3) is 4.17. The van der Waals surface area contributed by atoms with Gasteiger partial charge in [-0.15, -0.1) is 11.3 Å². The fourth-order valence-corrected chi connectivity index (χ4v) is 2.63. The van der Waals surface area contributed by atoms with Crippen LogP contribution in [0.25, 0.3) is 0 Å². The zero-order chi connectivity index (χ0) is 16.9. The Morgan fingerprint density at radius 2 is 2.29 bits per heavy atom. The average molecular weight is 346 g/mol. The molecule has 0 saturated heterocycles. The van der Waals surface area contributed by atoms with Crippen LogP contribution in [0.15, 0.2) is 35.7 Å².